The van der Waals surface area contributed by atoms with Gasteiger partial charge in [-0.25, -0.2) is 0 Å². The molecule has 7 nitrogen and oxygen atoms in total. The minimum absolute atomic E-state index is 0.0267. The van der Waals surface area contributed by atoms with E-state index in [4.69, 9.17) is 15.2 Å². The molecule has 190 valence electrons. The molecule has 2 heterocycles. The molecule has 2 aromatic rings. The number of methoxy groups -OCH3 is 1. The standard InChI is InChI=1S/C26H33F2N3O4/c1-6-35-14-22(33)19-13-31-20(10-21(19)32)17-9-23(34-5)18(16(11-29)12-30-25(27)28)7-15(17)8-24(31)26(2,3)4/h7,9-10,12-13,24-25,30H,6,8,11,14,29H2,1-5H3/b16-12+. The Morgan fingerprint density at radius 1 is 1.29 bits per heavy atom. The lowest BCUT2D eigenvalue weighted by Gasteiger charge is -2.39. The summed E-state index contributed by atoms with van der Waals surface area (Å²) in [6.45, 7) is 5.60. The zero-order chi connectivity index (χ0) is 25.9. The van der Waals surface area contributed by atoms with Crippen LogP contribution in [-0.2, 0) is 11.2 Å². The summed E-state index contributed by atoms with van der Waals surface area (Å²) in [5, 5.41) is 2.00. The molecule has 3 N–H and O–H groups in total. The molecule has 1 unspecified atom stereocenters. The molecule has 0 amide bonds. The van der Waals surface area contributed by atoms with Gasteiger partial charge in [0.15, 0.2) is 11.2 Å². The first-order valence-electron chi connectivity index (χ1n) is 11.5. The Bertz CT molecular complexity index is 1180. The number of halogens is 2. The summed E-state index contributed by atoms with van der Waals surface area (Å²) in [6, 6.07) is 5.09. The third-order valence-electron chi connectivity index (χ3n) is 6.22. The van der Waals surface area contributed by atoms with E-state index < -0.39 is 6.55 Å². The highest BCUT2D eigenvalue weighted by Crippen LogP contribution is 2.45. The number of benzene rings is 1. The molecule has 0 aliphatic carbocycles. The second kappa shape index (κ2) is 10.7. The summed E-state index contributed by atoms with van der Waals surface area (Å²) in [4.78, 5) is 25.6. The summed E-state index contributed by atoms with van der Waals surface area (Å²) in [6.07, 6.45) is 3.44. The number of carbonyl (C=O) groups excluding carboxylic acids is 1. The van der Waals surface area contributed by atoms with Gasteiger partial charge in [-0.1, -0.05) is 20.8 Å². The predicted molar refractivity (Wildman–Crippen MR) is 132 cm³/mol. The number of nitrogens with zero attached hydrogens (tertiary/aromatic N) is 1. The number of hydrogen-bond donors (Lipinski definition) is 2. The average molecular weight is 490 g/mol. The Hall–Kier alpha value is -3.04. The van der Waals surface area contributed by atoms with Crippen molar-refractivity contribution in [1.82, 2.24) is 9.88 Å². The highest BCUT2D eigenvalue weighted by molar-refractivity contribution is 5.97. The largest absolute Gasteiger partial charge is 0.496 e. The maximum absolute atomic E-state index is 13.0. The zero-order valence-electron chi connectivity index (χ0n) is 20.8. The van der Waals surface area contributed by atoms with E-state index in [0.29, 0.717) is 35.6 Å². The van der Waals surface area contributed by atoms with Crippen LogP contribution < -0.4 is 21.2 Å². The van der Waals surface area contributed by atoms with Crippen LogP contribution in [0.15, 0.2) is 35.4 Å². The first kappa shape index (κ1) is 26.6. The summed E-state index contributed by atoms with van der Waals surface area (Å²) in [7, 11) is 1.49. The molecule has 0 radical (unpaired) electrons. The summed E-state index contributed by atoms with van der Waals surface area (Å²) in [5.41, 5.74) is 8.82. The van der Waals surface area contributed by atoms with Crippen LogP contribution in [0.4, 0.5) is 8.78 Å². The first-order chi connectivity index (χ1) is 16.5. The molecule has 1 aromatic heterocycles. The number of rotatable bonds is 9. The van der Waals surface area contributed by atoms with Crippen molar-refractivity contribution < 1.29 is 23.0 Å². The van der Waals surface area contributed by atoms with Crippen LogP contribution >= 0.6 is 0 Å². The van der Waals surface area contributed by atoms with Crippen molar-refractivity contribution in [1.29, 1.82) is 0 Å². The van der Waals surface area contributed by atoms with Crippen molar-refractivity contribution in [2.75, 3.05) is 26.9 Å². The lowest BCUT2D eigenvalue weighted by Crippen LogP contribution is -2.33. The molecule has 3 rings (SSSR count). The van der Waals surface area contributed by atoms with Crippen molar-refractivity contribution >= 4 is 11.4 Å². The smallest absolute Gasteiger partial charge is 0.312 e. The van der Waals surface area contributed by atoms with E-state index >= 15 is 0 Å². The van der Waals surface area contributed by atoms with Gasteiger partial charge in [-0.05, 0) is 42.0 Å². The van der Waals surface area contributed by atoms with E-state index in [9.17, 15) is 18.4 Å². The number of alkyl halides is 2. The number of aromatic nitrogens is 1. The predicted octanol–water partition coefficient (Wildman–Crippen LogP) is 4.00. The van der Waals surface area contributed by atoms with E-state index in [0.717, 1.165) is 11.1 Å². The molecule has 0 bridgehead atoms. The van der Waals surface area contributed by atoms with E-state index in [-0.39, 0.29) is 41.4 Å². The molecule has 1 aliphatic heterocycles. The van der Waals surface area contributed by atoms with Gasteiger partial charge in [0, 0.05) is 48.8 Å². The fraction of sp³-hybridized carbons (Fsp3) is 0.462. The van der Waals surface area contributed by atoms with E-state index in [1.165, 1.54) is 19.4 Å². The van der Waals surface area contributed by atoms with Gasteiger partial charge < -0.3 is 25.1 Å². The normalized spacial score (nSPS) is 15.6. The average Bonchev–Trinajstić information content (AvgIpc) is 2.80. The molecule has 35 heavy (non-hydrogen) atoms. The highest BCUT2D eigenvalue weighted by atomic mass is 19.3. The Morgan fingerprint density at radius 2 is 2.00 bits per heavy atom. The third kappa shape index (κ3) is 5.62. The SMILES string of the molecule is CCOCC(=O)c1cn2c(cc1=O)-c1cc(OC)c(/C(=C/NC(F)F)CN)cc1CC2C(C)(C)C. The maximum atomic E-state index is 13.0. The van der Waals surface area contributed by atoms with Crippen LogP contribution in [0.1, 0.15) is 55.2 Å². The molecule has 1 aliphatic rings. The number of carbonyl (C=O) groups is 1. The Morgan fingerprint density at radius 3 is 2.57 bits per heavy atom. The lowest BCUT2D eigenvalue weighted by atomic mass is 9.78. The number of fused-ring (bicyclic) bond motifs is 3. The number of nitrogens with two attached hydrogens (primary N) is 1. The Labute approximate surface area is 203 Å². The van der Waals surface area contributed by atoms with Crippen LogP contribution in [0.2, 0.25) is 0 Å². The quantitative estimate of drug-likeness (QED) is 0.408. The maximum Gasteiger partial charge on any atom is 0.312 e. The van der Waals surface area contributed by atoms with Gasteiger partial charge in [-0.3, -0.25) is 9.59 Å². The molecule has 0 spiro atoms. The van der Waals surface area contributed by atoms with Crippen LogP contribution in [0, 0.1) is 5.41 Å². The molecule has 1 aromatic carbocycles. The van der Waals surface area contributed by atoms with Crippen LogP contribution in [0.25, 0.3) is 16.8 Å². The molecule has 9 heteroatoms. The minimum atomic E-state index is -2.72. The highest BCUT2D eigenvalue weighted by Gasteiger charge is 2.34. The van der Waals surface area contributed by atoms with Gasteiger partial charge >= 0.3 is 6.55 Å². The van der Waals surface area contributed by atoms with E-state index in [1.54, 1.807) is 19.2 Å². The molecular formula is C26H33F2N3O4. The topological polar surface area (TPSA) is 95.6 Å². The Balaban J connectivity index is 2.23. The summed E-state index contributed by atoms with van der Waals surface area (Å²) >= 11 is 0. The fourth-order valence-corrected chi connectivity index (χ4v) is 4.40. The van der Waals surface area contributed by atoms with Crippen LogP contribution in [0.5, 0.6) is 5.75 Å². The van der Waals surface area contributed by atoms with Crippen molar-refractivity contribution in [3.8, 4) is 17.0 Å². The third-order valence-corrected chi connectivity index (χ3v) is 6.22. The number of ether oxygens (including phenoxy) is 2. The second-order valence-corrected chi connectivity index (χ2v) is 9.54. The van der Waals surface area contributed by atoms with Gasteiger partial charge in [0.2, 0.25) is 0 Å². The van der Waals surface area contributed by atoms with Crippen molar-refractivity contribution in [3.63, 3.8) is 0 Å². The molecule has 0 fully saturated rings. The summed E-state index contributed by atoms with van der Waals surface area (Å²) in [5.74, 6) is 0.0870. The molecule has 0 saturated carbocycles. The van der Waals surface area contributed by atoms with E-state index in [2.05, 4.69) is 20.8 Å². The number of Topliss-reactive ketones (excluding diaryl/α,β-unsaturated/α-hetero) is 1. The van der Waals surface area contributed by atoms with Crippen molar-refractivity contribution in [2.24, 2.45) is 11.1 Å². The number of nitrogens with one attached hydrogen (secondary N) is 1. The number of pyridine rings is 1. The zero-order valence-corrected chi connectivity index (χ0v) is 20.8. The van der Waals surface area contributed by atoms with Crippen molar-refractivity contribution in [3.05, 3.63) is 57.5 Å². The van der Waals surface area contributed by atoms with Gasteiger partial charge in [-0.2, -0.15) is 8.78 Å². The number of hydrogen-bond acceptors (Lipinski definition) is 6. The molecular weight excluding hydrogens is 456 g/mol. The molecule has 0 saturated heterocycles. The Kier molecular flexibility index (Phi) is 8.12. The fourth-order valence-electron chi connectivity index (χ4n) is 4.40. The first-order valence-corrected chi connectivity index (χ1v) is 11.5. The number of ketones is 1. The van der Waals surface area contributed by atoms with Crippen molar-refractivity contribution in [2.45, 2.75) is 46.7 Å². The van der Waals surface area contributed by atoms with Gasteiger partial charge in [0.05, 0.1) is 18.4 Å². The second-order valence-electron chi connectivity index (χ2n) is 9.54. The summed E-state index contributed by atoms with van der Waals surface area (Å²) < 4.78 is 38.3. The van der Waals surface area contributed by atoms with Gasteiger partial charge in [0.25, 0.3) is 0 Å². The minimum Gasteiger partial charge on any atom is -0.496 e. The lowest BCUT2D eigenvalue weighted by molar-refractivity contribution is 0.0780. The van der Waals surface area contributed by atoms with Gasteiger partial charge in [0.1, 0.15) is 12.4 Å². The van der Waals surface area contributed by atoms with Gasteiger partial charge in [-0.15, -0.1) is 0 Å². The van der Waals surface area contributed by atoms with Crippen LogP contribution in [-0.4, -0.2) is 43.8 Å². The van der Waals surface area contributed by atoms with Crippen LogP contribution in [0.3, 0.4) is 0 Å². The van der Waals surface area contributed by atoms with E-state index in [1.807, 2.05) is 16.0 Å². The molecule has 1 atom stereocenters. The monoisotopic (exact) mass is 489 g/mol.